The van der Waals surface area contributed by atoms with Gasteiger partial charge in [-0.05, 0) is 31.2 Å². The van der Waals surface area contributed by atoms with Gasteiger partial charge in [0.25, 0.3) is 0 Å². The molecule has 0 bridgehead atoms. The van der Waals surface area contributed by atoms with E-state index in [-0.39, 0.29) is 17.9 Å². The van der Waals surface area contributed by atoms with Gasteiger partial charge in [0.15, 0.2) is 16.7 Å². The molecule has 0 saturated heterocycles. The zero-order valence-electron chi connectivity index (χ0n) is 14.2. The summed E-state index contributed by atoms with van der Waals surface area (Å²) in [6.45, 7) is -0.964. The van der Waals surface area contributed by atoms with E-state index in [1.807, 2.05) is 0 Å². The van der Waals surface area contributed by atoms with E-state index in [1.165, 1.54) is 0 Å². The molecule has 0 radical (unpaired) electrons. The van der Waals surface area contributed by atoms with Crippen molar-refractivity contribution in [2.24, 2.45) is 0 Å². The van der Waals surface area contributed by atoms with Crippen molar-refractivity contribution in [2.45, 2.75) is 23.9 Å². The molecular formula is C18H15F2N3O3S. The van der Waals surface area contributed by atoms with Gasteiger partial charge in [0.05, 0.1) is 16.3 Å². The second-order valence-electron chi connectivity index (χ2n) is 5.85. The van der Waals surface area contributed by atoms with Gasteiger partial charge in [0.2, 0.25) is 12.7 Å². The third-order valence-corrected chi connectivity index (χ3v) is 5.12. The number of ether oxygens (including phenoxy) is 2. The molecule has 27 heavy (non-hydrogen) atoms. The molecule has 1 N–H and O–H groups in total. The number of fused-ring (bicyclic) bond motifs is 2. The van der Waals surface area contributed by atoms with Crippen LogP contribution in [0.25, 0.3) is 11.0 Å². The molecule has 1 aromatic heterocycles. The minimum Gasteiger partial charge on any atom is -0.454 e. The number of rotatable bonds is 5. The number of thioether (sulfide) groups is 1. The summed E-state index contributed by atoms with van der Waals surface area (Å²) >= 11 is 0.981. The van der Waals surface area contributed by atoms with Gasteiger partial charge in [-0.15, -0.1) is 0 Å². The Balaban J connectivity index is 1.52. The summed E-state index contributed by atoms with van der Waals surface area (Å²) in [5.74, 6) is 0.834. The van der Waals surface area contributed by atoms with E-state index in [4.69, 9.17) is 9.47 Å². The Bertz CT molecular complexity index is 1010. The second kappa shape index (κ2) is 7.07. The summed E-state index contributed by atoms with van der Waals surface area (Å²) in [5, 5.41) is 2.22. The first-order valence-corrected chi connectivity index (χ1v) is 9.03. The van der Waals surface area contributed by atoms with Gasteiger partial charge in [-0.1, -0.05) is 23.9 Å². The number of carbonyl (C=O) groups excluding carboxylic acids is 1. The number of hydrogen-bond acceptors (Lipinski definition) is 5. The van der Waals surface area contributed by atoms with Crippen LogP contribution < -0.4 is 14.8 Å². The number of amides is 1. The lowest BCUT2D eigenvalue weighted by Gasteiger charge is -2.13. The maximum absolute atomic E-state index is 13.5. The maximum Gasteiger partial charge on any atom is 0.321 e. The predicted octanol–water partition coefficient (Wildman–Crippen LogP) is 4.28. The maximum atomic E-state index is 13.5. The Morgan fingerprint density at radius 1 is 1.22 bits per heavy atom. The number of imidazole rings is 1. The van der Waals surface area contributed by atoms with E-state index in [1.54, 1.807) is 49.4 Å². The molecule has 0 fully saturated rings. The van der Waals surface area contributed by atoms with Crippen LogP contribution in [0.4, 0.5) is 14.5 Å². The SMILES string of the molecule is C[C@H](Sc1nc2ccccc2n1C(F)F)C(=O)Nc1ccc2c(c1)OCO2. The van der Waals surface area contributed by atoms with Crippen LogP contribution in [-0.2, 0) is 4.79 Å². The second-order valence-corrected chi connectivity index (χ2v) is 7.16. The first kappa shape index (κ1) is 17.6. The first-order valence-electron chi connectivity index (χ1n) is 8.15. The normalized spacial score (nSPS) is 13.9. The van der Waals surface area contributed by atoms with Crippen LogP contribution in [0.3, 0.4) is 0 Å². The average molecular weight is 391 g/mol. The number of halogens is 2. The van der Waals surface area contributed by atoms with Crippen molar-refractivity contribution >= 4 is 34.4 Å². The van der Waals surface area contributed by atoms with Gasteiger partial charge in [0, 0.05) is 11.8 Å². The number of aromatic nitrogens is 2. The molecule has 0 unspecified atom stereocenters. The number of anilines is 1. The molecule has 6 nitrogen and oxygen atoms in total. The van der Waals surface area contributed by atoms with E-state index in [2.05, 4.69) is 10.3 Å². The van der Waals surface area contributed by atoms with Crippen LogP contribution in [-0.4, -0.2) is 27.5 Å². The van der Waals surface area contributed by atoms with E-state index in [0.29, 0.717) is 28.2 Å². The molecule has 2 heterocycles. The standard InChI is InChI=1S/C18H15F2N3O3S/c1-10(16(24)21-11-6-7-14-15(8-11)26-9-25-14)27-18-22-12-4-2-3-5-13(12)23(18)17(19)20/h2-8,10,17H,9H2,1H3,(H,21,24)/t10-/m0/s1. The third-order valence-electron chi connectivity index (χ3n) is 4.05. The summed E-state index contributed by atoms with van der Waals surface area (Å²) in [7, 11) is 0. The van der Waals surface area contributed by atoms with Gasteiger partial charge in [-0.2, -0.15) is 8.78 Å². The van der Waals surface area contributed by atoms with Gasteiger partial charge in [-0.3, -0.25) is 9.36 Å². The Hall–Kier alpha value is -2.81. The highest BCUT2D eigenvalue weighted by molar-refractivity contribution is 8.00. The van der Waals surface area contributed by atoms with Gasteiger partial charge in [0.1, 0.15) is 0 Å². The molecule has 140 valence electrons. The molecule has 3 aromatic rings. The number of carbonyl (C=O) groups is 1. The minimum atomic E-state index is -2.75. The van der Waals surface area contributed by atoms with E-state index in [9.17, 15) is 13.6 Å². The molecule has 0 saturated carbocycles. The number of nitrogens with zero attached hydrogens (tertiary/aromatic N) is 2. The van der Waals surface area contributed by atoms with Gasteiger partial charge >= 0.3 is 6.55 Å². The number of para-hydroxylation sites is 2. The zero-order valence-corrected chi connectivity index (χ0v) is 15.0. The van der Waals surface area contributed by atoms with Crippen molar-refractivity contribution in [1.29, 1.82) is 0 Å². The minimum absolute atomic E-state index is 0.0968. The van der Waals surface area contributed by atoms with Crippen LogP contribution >= 0.6 is 11.8 Å². The van der Waals surface area contributed by atoms with Crippen LogP contribution in [0.1, 0.15) is 13.5 Å². The van der Waals surface area contributed by atoms with E-state index < -0.39 is 11.8 Å². The first-order chi connectivity index (χ1) is 13.0. The van der Waals surface area contributed by atoms with Gasteiger partial charge < -0.3 is 14.8 Å². The summed E-state index contributed by atoms with van der Waals surface area (Å²) in [6.07, 6.45) is 0. The molecule has 0 spiro atoms. The number of nitrogens with one attached hydrogen (secondary N) is 1. The third kappa shape index (κ3) is 3.42. The molecule has 1 atom stereocenters. The molecule has 2 aromatic carbocycles. The van der Waals surface area contributed by atoms with Crippen molar-refractivity contribution in [3.63, 3.8) is 0 Å². The van der Waals surface area contributed by atoms with Crippen molar-refractivity contribution < 1.29 is 23.0 Å². The van der Waals surface area contributed by atoms with Crippen LogP contribution in [0.5, 0.6) is 11.5 Å². The number of alkyl halides is 2. The smallest absolute Gasteiger partial charge is 0.321 e. The molecule has 1 aliphatic rings. The highest BCUT2D eigenvalue weighted by atomic mass is 32.2. The average Bonchev–Trinajstić information content (AvgIpc) is 3.24. The highest BCUT2D eigenvalue weighted by Crippen LogP contribution is 2.35. The summed E-state index contributed by atoms with van der Waals surface area (Å²) < 4.78 is 38.3. The fourth-order valence-electron chi connectivity index (χ4n) is 2.72. The van der Waals surface area contributed by atoms with E-state index in [0.717, 1.165) is 16.3 Å². The monoisotopic (exact) mass is 391 g/mol. The lowest BCUT2D eigenvalue weighted by molar-refractivity contribution is -0.115. The highest BCUT2D eigenvalue weighted by Gasteiger charge is 2.23. The number of hydrogen-bond donors (Lipinski definition) is 1. The quantitative estimate of drug-likeness (QED) is 0.658. The molecule has 0 aliphatic carbocycles. The molecular weight excluding hydrogens is 376 g/mol. The van der Waals surface area contributed by atoms with Crippen LogP contribution in [0.2, 0.25) is 0 Å². The van der Waals surface area contributed by atoms with Crippen molar-refractivity contribution in [1.82, 2.24) is 9.55 Å². The largest absolute Gasteiger partial charge is 0.454 e. The Morgan fingerprint density at radius 2 is 2.00 bits per heavy atom. The summed E-state index contributed by atoms with van der Waals surface area (Å²) in [4.78, 5) is 16.7. The lowest BCUT2D eigenvalue weighted by Crippen LogP contribution is -2.23. The lowest BCUT2D eigenvalue weighted by atomic mass is 10.2. The Labute approximate surface area is 157 Å². The Kier molecular flexibility index (Phi) is 4.61. The van der Waals surface area contributed by atoms with Crippen LogP contribution in [0.15, 0.2) is 47.6 Å². The zero-order chi connectivity index (χ0) is 19.0. The molecule has 4 rings (SSSR count). The fraction of sp³-hybridized carbons (Fsp3) is 0.222. The summed E-state index contributed by atoms with van der Waals surface area (Å²) in [6, 6.07) is 11.7. The predicted molar refractivity (Wildman–Crippen MR) is 97.5 cm³/mol. The van der Waals surface area contributed by atoms with E-state index >= 15 is 0 Å². The Morgan fingerprint density at radius 3 is 2.81 bits per heavy atom. The van der Waals surface area contributed by atoms with Gasteiger partial charge in [-0.25, -0.2) is 4.98 Å². The topological polar surface area (TPSA) is 65.4 Å². The fourth-order valence-corrected chi connectivity index (χ4v) is 3.65. The molecule has 9 heteroatoms. The molecule has 1 aliphatic heterocycles. The number of benzene rings is 2. The summed E-state index contributed by atoms with van der Waals surface area (Å²) in [5.41, 5.74) is 1.33. The van der Waals surface area contributed by atoms with Crippen molar-refractivity contribution in [3.8, 4) is 11.5 Å². The van der Waals surface area contributed by atoms with Crippen molar-refractivity contribution in [2.75, 3.05) is 12.1 Å². The van der Waals surface area contributed by atoms with Crippen LogP contribution in [0, 0.1) is 0 Å². The van der Waals surface area contributed by atoms with Crippen molar-refractivity contribution in [3.05, 3.63) is 42.5 Å². The molecule has 1 amide bonds.